The second kappa shape index (κ2) is 4.58. The molecule has 0 radical (unpaired) electrons. The first kappa shape index (κ1) is 10.5. The van der Waals surface area contributed by atoms with Gasteiger partial charge in [0.1, 0.15) is 5.15 Å². The van der Waals surface area contributed by atoms with Crippen molar-refractivity contribution in [2.75, 3.05) is 7.11 Å². The standard InChI is InChI=1S/C8H7BrClNO2/c1-13-8(12)5-2-3-11-7(10)6(5)4-9/h2-3H,4H2,1H3. The Kier molecular flexibility index (Phi) is 3.69. The van der Waals surface area contributed by atoms with Gasteiger partial charge in [0, 0.05) is 17.1 Å². The molecule has 0 saturated heterocycles. The number of pyridine rings is 1. The third kappa shape index (κ3) is 2.19. The molecule has 1 rings (SSSR count). The fraction of sp³-hybridized carbons (Fsp3) is 0.250. The van der Waals surface area contributed by atoms with Crippen molar-refractivity contribution in [2.45, 2.75) is 5.33 Å². The Morgan fingerprint density at radius 1 is 1.77 bits per heavy atom. The van der Waals surface area contributed by atoms with Gasteiger partial charge in [-0.15, -0.1) is 0 Å². The number of hydrogen-bond donors (Lipinski definition) is 0. The Hall–Kier alpha value is -0.610. The zero-order valence-electron chi connectivity index (χ0n) is 6.88. The fourth-order valence-corrected chi connectivity index (χ4v) is 1.85. The van der Waals surface area contributed by atoms with E-state index in [1.165, 1.54) is 13.3 Å². The summed E-state index contributed by atoms with van der Waals surface area (Å²) in [6.45, 7) is 0. The molecule has 0 saturated carbocycles. The summed E-state index contributed by atoms with van der Waals surface area (Å²) in [4.78, 5) is 15.1. The van der Waals surface area contributed by atoms with E-state index in [2.05, 4.69) is 25.7 Å². The van der Waals surface area contributed by atoms with Crippen LogP contribution in [0.2, 0.25) is 5.15 Å². The smallest absolute Gasteiger partial charge is 0.338 e. The summed E-state index contributed by atoms with van der Waals surface area (Å²) in [5.41, 5.74) is 1.09. The maximum atomic E-state index is 11.2. The van der Waals surface area contributed by atoms with E-state index >= 15 is 0 Å². The Bertz CT molecular complexity index is 330. The highest BCUT2D eigenvalue weighted by molar-refractivity contribution is 9.08. The number of esters is 1. The fourth-order valence-electron chi connectivity index (χ4n) is 0.895. The maximum Gasteiger partial charge on any atom is 0.338 e. The predicted molar refractivity (Wildman–Crippen MR) is 53.2 cm³/mol. The van der Waals surface area contributed by atoms with Crippen LogP contribution in [0.4, 0.5) is 0 Å². The van der Waals surface area contributed by atoms with Crippen LogP contribution >= 0.6 is 27.5 Å². The molecule has 1 aromatic heterocycles. The van der Waals surface area contributed by atoms with Crippen LogP contribution in [0.3, 0.4) is 0 Å². The van der Waals surface area contributed by atoms with Gasteiger partial charge < -0.3 is 4.74 Å². The van der Waals surface area contributed by atoms with Gasteiger partial charge in [-0.3, -0.25) is 0 Å². The number of alkyl halides is 1. The van der Waals surface area contributed by atoms with Gasteiger partial charge in [-0.25, -0.2) is 9.78 Å². The van der Waals surface area contributed by atoms with E-state index in [4.69, 9.17) is 11.6 Å². The van der Waals surface area contributed by atoms with Gasteiger partial charge in [-0.05, 0) is 6.07 Å². The van der Waals surface area contributed by atoms with Crippen molar-refractivity contribution in [3.63, 3.8) is 0 Å². The summed E-state index contributed by atoms with van der Waals surface area (Å²) in [6, 6.07) is 1.58. The summed E-state index contributed by atoms with van der Waals surface area (Å²) in [5, 5.41) is 0.796. The first-order chi connectivity index (χ1) is 6.20. The molecule has 0 N–H and O–H groups in total. The normalized spacial score (nSPS) is 9.77. The van der Waals surface area contributed by atoms with Gasteiger partial charge in [0.05, 0.1) is 12.7 Å². The lowest BCUT2D eigenvalue weighted by Crippen LogP contribution is -2.05. The van der Waals surface area contributed by atoms with E-state index in [1.807, 2.05) is 0 Å². The molecule has 0 fully saturated rings. The molecular formula is C8H7BrClNO2. The van der Waals surface area contributed by atoms with Crippen LogP contribution < -0.4 is 0 Å². The van der Waals surface area contributed by atoms with Crippen molar-refractivity contribution in [3.05, 3.63) is 28.5 Å². The predicted octanol–water partition coefficient (Wildman–Crippen LogP) is 2.42. The van der Waals surface area contributed by atoms with Gasteiger partial charge in [0.25, 0.3) is 0 Å². The molecule has 3 nitrogen and oxygen atoms in total. The van der Waals surface area contributed by atoms with Gasteiger partial charge in [-0.2, -0.15) is 0 Å². The van der Waals surface area contributed by atoms with Crippen molar-refractivity contribution >= 4 is 33.5 Å². The summed E-state index contributed by atoms with van der Waals surface area (Å²) in [6.07, 6.45) is 1.47. The number of ether oxygens (including phenoxy) is 1. The number of halogens is 2. The summed E-state index contributed by atoms with van der Waals surface area (Å²) < 4.78 is 4.59. The van der Waals surface area contributed by atoms with Crippen LogP contribution in [0.1, 0.15) is 15.9 Å². The first-order valence-corrected chi connectivity index (χ1v) is 4.98. The lowest BCUT2D eigenvalue weighted by molar-refractivity contribution is 0.0599. The van der Waals surface area contributed by atoms with E-state index in [9.17, 15) is 4.79 Å². The van der Waals surface area contributed by atoms with Crippen LogP contribution in [-0.4, -0.2) is 18.1 Å². The molecule has 0 unspecified atom stereocenters. The molecule has 13 heavy (non-hydrogen) atoms. The minimum absolute atomic E-state index is 0.319. The van der Waals surface area contributed by atoms with Crippen molar-refractivity contribution in [1.82, 2.24) is 4.98 Å². The van der Waals surface area contributed by atoms with Crippen LogP contribution in [0, 0.1) is 0 Å². The van der Waals surface area contributed by atoms with Gasteiger partial charge >= 0.3 is 5.97 Å². The maximum absolute atomic E-state index is 11.2. The number of rotatable bonds is 2. The molecule has 0 atom stereocenters. The lowest BCUT2D eigenvalue weighted by atomic mass is 10.2. The SMILES string of the molecule is COC(=O)c1ccnc(Cl)c1CBr. The zero-order valence-corrected chi connectivity index (χ0v) is 9.22. The van der Waals surface area contributed by atoms with Crippen LogP contribution in [0.5, 0.6) is 0 Å². The Labute approximate surface area is 89.2 Å². The first-order valence-electron chi connectivity index (χ1n) is 3.48. The molecule has 0 aliphatic carbocycles. The van der Waals surface area contributed by atoms with E-state index in [0.717, 1.165) is 0 Å². The lowest BCUT2D eigenvalue weighted by Gasteiger charge is -2.05. The van der Waals surface area contributed by atoms with Gasteiger partial charge in [0.2, 0.25) is 0 Å². The minimum Gasteiger partial charge on any atom is -0.465 e. The van der Waals surface area contributed by atoms with Crippen LogP contribution in [0.15, 0.2) is 12.3 Å². The molecular weight excluding hydrogens is 257 g/mol. The highest BCUT2D eigenvalue weighted by Crippen LogP contribution is 2.20. The van der Waals surface area contributed by atoms with E-state index in [1.54, 1.807) is 6.07 Å². The van der Waals surface area contributed by atoms with Crippen molar-refractivity contribution < 1.29 is 9.53 Å². The molecule has 70 valence electrons. The second-order valence-corrected chi connectivity index (χ2v) is 3.17. The number of carbonyl (C=O) groups excluding carboxylic acids is 1. The highest BCUT2D eigenvalue weighted by atomic mass is 79.9. The van der Waals surface area contributed by atoms with E-state index in [-0.39, 0.29) is 0 Å². The van der Waals surface area contributed by atoms with Gasteiger partial charge in [0.15, 0.2) is 0 Å². The Morgan fingerprint density at radius 3 is 3.00 bits per heavy atom. The minimum atomic E-state index is -0.404. The number of nitrogens with zero attached hydrogens (tertiary/aromatic N) is 1. The monoisotopic (exact) mass is 263 g/mol. The molecule has 1 heterocycles. The largest absolute Gasteiger partial charge is 0.465 e. The molecule has 0 amide bonds. The van der Waals surface area contributed by atoms with Crippen molar-refractivity contribution in [1.29, 1.82) is 0 Å². The van der Waals surface area contributed by atoms with Crippen molar-refractivity contribution in [2.24, 2.45) is 0 Å². The third-order valence-electron chi connectivity index (χ3n) is 1.54. The van der Waals surface area contributed by atoms with Gasteiger partial charge in [-0.1, -0.05) is 27.5 Å². The molecule has 0 aliphatic heterocycles. The number of carbonyl (C=O) groups is 1. The van der Waals surface area contributed by atoms with E-state index < -0.39 is 5.97 Å². The molecule has 0 aliphatic rings. The molecule has 5 heteroatoms. The molecule has 0 aromatic carbocycles. The number of hydrogen-bond acceptors (Lipinski definition) is 3. The zero-order chi connectivity index (χ0) is 9.84. The molecule has 0 spiro atoms. The Balaban J connectivity index is 3.20. The highest BCUT2D eigenvalue weighted by Gasteiger charge is 2.13. The summed E-state index contributed by atoms with van der Waals surface area (Å²) in [5.74, 6) is -0.404. The summed E-state index contributed by atoms with van der Waals surface area (Å²) >= 11 is 9.01. The van der Waals surface area contributed by atoms with Crippen molar-refractivity contribution in [3.8, 4) is 0 Å². The van der Waals surface area contributed by atoms with Crippen LogP contribution in [-0.2, 0) is 10.1 Å². The van der Waals surface area contributed by atoms with E-state index in [0.29, 0.717) is 21.6 Å². The number of methoxy groups -OCH3 is 1. The second-order valence-electron chi connectivity index (χ2n) is 2.25. The quantitative estimate of drug-likeness (QED) is 0.468. The average Bonchev–Trinajstić information content (AvgIpc) is 2.16. The summed E-state index contributed by atoms with van der Waals surface area (Å²) in [7, 11) is 1.33. The number of aromatic nitrogens is 1. The van der Waals surface area contributed by atoms with Crippen LogP contribution in [0.25, 0.3) is 0 Å². The Morgan fingerprint density at radius 2 is 2.46 bits per heavy atom. The third-order valence-corrected chi connectivity index (χ3v) is 2.43. The molecule has 0 bridgehead atoms. The topological polar surface area (TPSA) is 39.2 Å². The molecule has 1 aromatic rings. The average molecular weight is 265 g/mol.